The lowest BCUT2D eigenvalue weighted by Gasteiger charge is -2.13. The number of nitrogens with zero attached hydrogens (tertiary/aromatic N) is 1. The standard InChI is InChI=1S/C22H21BrN2O3/c1-2-18-5-3-4-6-21(18)24-14-17-9-12-22(20(23)13-17)28-15-16-7-10-19(11-8-16)25(26)27/h3-13,24H,2,14-15H2,1H3. The SMILES string of the molecule is CCc1ccccc1NCc1ccc(OCc2ccc([N+](=O)[O-])cc2)c(Br)c1. The zero-order valence-corrected chi connectivity index (χ0v) is 17.1. The van der Waals surface area contributed by atoms with Crippen molar-refractivity contribution in [2.45, 2.75) is 26.5 Å². The molecule has 6 heteroatoms. The molecule has 0 bridgehead atoms. The molecule has 0 fully saturated rings. The van der Waals surface area contributed by atoms with Crippen LogP contribution in [0.25, 0.3) is 0 Å². The van der Waals surface area contributed by atoms with E-state index < -0.39 is 4.92 Å². The monoisotopic (exact) mass is 440 g/mol. The Morgan fingerprint density at radius 3 is 2.43 bits per heavy atom. The highest BCUT2D eigenvalue weighted by molar-refractivity contribution is 9.10. The molecule has 0 atom stereocenters. The van der Waals surface area contributed by atoms with Gasteiger partial charge in [-0.15, -0.1) is 0 Å². The first kappa shape index (κ1) is 19.9. The van der Waals surface area contributed by atoms with Crippen LogP contribution >= 0.6 is 15.9 Å². The van der Waals surface area contributed by atoms with E-state index in [1.807, 2.05) is 24.3 Å². The van der Waals surface area contributed by atoms with E-state index in [2.05, 4.69) is 46.4 Å². The van der Waals surface area contributed by atoms with Gasteiger partial charge in [0, 0.05) is 24.4 Å². The third kappa shape index (κ3) is 5.10. The van der Waals surface area contributed by atoms with Crippen molar-refractivity contribution in [1.82, 2.24) is 0 Å². The second-order valence-electron chi connectivity index (χ2n) is 6.34. The number of non-ortho nitro benzene ring substituents is 1. The van der Waals surface area contributed by atoms with Crippen LogP contribution in [-0.4, -0.2) is 4.92 Å². The molecule has 3 aromatic rings. The van der Waals surface area contributed by atoms with Crippen molar-refractivity contribution in [2.24, 2.45) is 0 Å². The molecule has 0 aliphatic carbocycles. The number of rotatable bonds is 8. The maximum Gasteiger partial charge on any atom is 0.269 e. The summed E-state index contributed by atoms with van der Waals surface area (Å²) in [5, 5.41) is 14.2. The zero-order valence-electron chi connectivity index (χ0n) is 15.5. The van der Waals surface area contributed by atoms with Crippen molar-refractivity contribution in [3.05, 3.63) is 98.0 Å². The normalized spacial score (nSPS) is 10.5. The van der Waals surface area contributed by atoms with E-state index in [9.17, 15) is 10.1 Å². The molecule has 0 radical (unpaired) electrons. The predicted octanol–water partition coefficient (Wildman–Crippen LogP) is 6.11. The molecule has 3 rings (SSSR count). The van der Waals surface area contributed by atoms with Crippen molar-refractivity contribution in [2.75, 3.05) is 5.32 Å². The first-order chi connectivity index (χ1) is 13.6. The Labute approximate surface area is 172 Å². The Bertz CT molecular complexity index is 958. The number of aryl methyl sites for hydroxylation is 1. The summed E-state index contributed by atoms with van der Waals surface area (Å²) in [6.45, 7) is 3.21. The van der Waals surface area contributed by atoms with E-state index in [1.165, 1.54) is 17.7 Å². The third-order valence-corrected chi connectivity index (χ3v) is 5.04. The summed E-state index contributed by atoms with van der Waals surface area (Å²) in [6.07, 6.45) is 0.988. The first-order valence-electron chi connectivity index (χ1n) is 9.03. The Kier molecular flexibility index (Phi) is 6.66. The van der Waals surface area contributed by atoms with Crippen molar-refractivity contribution < 1.29 is 9.66 Å². The van der Waals surface area contributed by atoms with Crippen LogP contribution in [0.15, 0.2) is 71.2 Å². The van der Waals surface area contributed by atoms with Crippen LogP contribution < -0.4 is 10.1 Å². The van der Waals surface area contributed by atoms with Gasteiger partial charge in [-0.05, 0) is 69.4 Å². The van der Waals surface area contributed by atoms with Gasteiger partial charge in [0.05, 0.1) is 9.40 Å². The molecule has 0 amide bonds. The quantitative estimate of drug-likeness (QED) is 0.338. The largest absolute Gasteiger partial charge is 0.488 e. The van der Waals surface area contributed by atoms with Gasteiger partial charge in [0.25, 0.3) is 5.69 Å². The molecule has 3 aromatic carbocycles. The van der Waals surface area contributed by atoms with Crippen LogP contribution in [-0.2, 0) is 19.6 Å². The van der Waals surface area contributed by atoms with Crippen LogP contribution in [0.4, 0.5) is 11.4 Å². The van der Waals surface area contributed by atoms with Crippen molar-refractivity contribution in [1.29, 1.82) is 0 Å². The number of anilines is 1. The fraction of sp³-hybridized carbons (Fsp3) is 0.182. The number of ether oxygens (including phenoxy) is 1. The Morgan fingerprint density at radius 1 is 1.04 bits per heavy atom. The predicted molar refractivity (Wildman–Crippen MR) is 115 cm³/mol. The number of nitro benzene ring substituents is 1. The molecule has 0 aliphatic heterocycles. The Balaban J connectivity index is 1.59. The van der Waals surface area contributed by atoms with Gasteiger partial charge in [0.2, 0.25) is 0 Å². The highest BCUT2D eigenvalue weighted by Crippen LogP contribution is 2.28. The van der Waals surface area contributed by atoms with Crippen LogP contribution in [0.3, 0.4) is 0 Å². The smallest absolute Gasteiger partial charge is 0.269 e. The summed E-state index contributed by atoms with van der Waals surface area (Å²) in [5.41, 5.74) is 4.54. The van der Waals surface area contributed by atoms with E-state index in [4.69, 9.17) is 4.74 Å². The molecule has 0 spiro atoms. The number of hydrogen-bond acceptors (Lipinski definition) is 4. The summed E-state index contributed by atoms with van der Waals surface area (Å²) in [5.74, 6) is 0.732. The van der Waals surface area contributed by atoms with E-state index in [1.54, 1.807) is 12.1 Å². The second-order valence-corrected chi connectivity index (χ2v) is 7.20. The number of nitro groups is 1. The molecular weight excluding hydrogens is 420 g/mol. The average Bonchev–Trinajstić information content (AvgIpc) is 2.72. The molecule has 144 valence electrons. The van der Waals surface area contributed by atoms with Crippen molar-refractivity contribution in [3.8, 4) is 5.75 Å². The van der Waals surface area contributed by atoms with Crippen molar-refractivity contribution in [3.63, 3.8) is 0 Å². The van der Waals surface area contributed by atoms with Crippen molar-refractivity contribution >= 4 is 27.3 Å². The van der Waals surface area contributed by atoms with Gasteiger partial charge in [0.1, 0.15) is 12.4 Å². The molecule has 1 N–H and O–H groups in total. The molecule has 0 aromatic heterocycles. The minimum absolute atomic E-state index is 0.0754. The summed E-state index contributed by atoms with van der Waals surface area (Å²) < 4.78 is 6.71. The highest BCUT2D eigenvalue weighted by Gasteiger charge is 2.07. The van der Waals surface area contributed by atoms with E-state index in [0.717, 1.165) is 40.0 Å². The third-order valence-electron chi connectivity index (χ3n) is 4.42. The van der Waals surface area contributed by atoms with Gasteiger partial charge in [-0.25, -0.2) is 0 Å². The Hall–Kier alpha value is -2.86. The molecule has 28 heavy (non-hydrogen) atoms. The average molecular weight is 441 g/mol. The van der Waals surface area contributed by atoms with E-state index in [-0.39, 0.29) is 5.69 Å². The summed E-state index contributed by atoms with van der Waals surface area (Å²) >= 11 is 3.56. The van der Waals surface area contributed by atoms with Crippen LogP contribution in [0.2, 0.25) is 0 Å². The molecule has 0 unspecified atom stereocenters. The molecule has 0 aliphatic rings. The molecule has 0 saturated carbocycles. The summed E-state index contributed by atoms with van der Waals surface area (Å²) in [7, 11) is 0. The van der Waals surface area contributed by atoms with Gasteiger partial charge in [0.15, 0.2) is 0 Å². The molecule has 0 saturated heterocycles. The first-order valence-corrected chi connectivity index (χ1v) is 9.82. The number of para-hydroxylation sites is 1. The maximum atomic E-state index is 10.7. The lowest BCUT2D eigenvalue weighted by molar-refractivity contribution is -0.384. The fourth-order valence-corrected chi connectivity index (χ4v) is 3.39. The second kappa shape index (κ2) is 9.37. The fourth-order valence-electron chi connectivity index (χ4n) is 2.84. The van der Waals surface area contributed by atoms with Gasteiger partial charge >= 0.3 is 0 Å². The molecule has 5 nitrogen and oxygen atoms in total. The minimum Gasteiger partial charge on any atom is -0.488 e. The van der Waals surface area contributed by atoms with Gasteiger partial charge in [-0.2, -0.15) is 0 Å². The maximum absolute atomic E-state index is 10.7. The number of hydrogen-bond donors (Lipinski definition) is 1. The van der Waals surface area contributed by atoms with Crippen LogP contribution in [0, 0.1) is 10.1 Å². The summed E-state index contributed by atoms with van der Waals surface area (Å²) in [6, 6.07) is 20.7. The Morgan fingerprint density at radius 2 is 1.75 bits per heavy atom. The van der Waals surface area contributed by atoms with Gasteiger partial charge in [-0.3, -0.25) is 10.1 Å². The molecule has 0 heterocycles. The number of benzene rings is 3. The topological polar surface area (TPSA) is 64.4 Å². The molecular formula is C22H21BrN2O3. The number of nitrogens with one attached hydrogen (secondary N) is 1. The van der Waals surface area contributed by atoms with Crippen LogP contribution in [0.1, 0.15) is 23.6 Å². The van der Waals surface area contributed by atoms with Gasteiger partial charge in [-0.1, -0.05) is 31.2 Å². The summed E-state index contributed by atoms with van der Waals surface area (Å²) in [4.78, 5) is 10.3. The lowest BCUT2D eigenvalue weighted by Crippen LogP contribution is -2.02. The van der Waals surface area contributed by atoms with Gasteiger partial charge < -0.3 is 10.1 Å². The lowest BCUT2D eigenvalue weighted by atomic mass is 10.1. The number of halogens is 1. The van der Waals surface area contributed by atoms with Crippen LogP contribution in [0.5, 0.6) is 5.75 Å². The van der Waals surface area contributed by atoms with E-state index >= 15 is 0 Å². The minimum atomic E-state index is -0.410. The van der Waals surface area contributed by atoms with E-state index in [0.29, 0.717) is 6.61 Å². The highest BCUT2D eigenvalue weighted by atomic mass is 79.9. The zero-order chi connectivity index (χ0) is 19.9.